The van der Waals surface area contributed by atoms with Gasteiger partial charge in [-0.3, -0.25) is 14.3 Å². The summed E-state index contributed by atoms with van der Waals surface area (Å²) in [5.41, 5.74) is 0.666. The van der Waals surface area contributed by atoms with Crippen LogP contribution in [-0.2, 0) is 9.53 Å². The van der Waals surface area contributed by atoms with Gasteiger partial charge in [-0.15, -0.1) is 0 Å². The molecule has 7 heteroatoms. The first-order chi connectivity index (χ1) is 12.0. The third-order valence-electron chi connectivity index (χ3n) is 5.54. The first-order valence-electron chi connectivity index (χ1n) is 9.15. The third-order valence-corrected chi connectivity index (χ3v) is 5.54. The van der Waals surface area contributed by atoms with E-state index in [-0.39, 0.29) is 18.5 Å². The van der Waals surface area contributed by atoms with Crippen LogP contribution < -0.4 is 5.32 Å². The maximum absolute atomic E-state index is 12.7. The van der Waals surface area contributed by atoms with Crippen LogP contribution in [0.15, 0.2) is 6.20 Å². The van der Waals surface area contributed by atoms with Gasteiger partial charge in [0.05, 0.1) is 22.9 Å². The molecule has 1 aromatic rings. The van der Waals surface area contributed by atoms with Gasteiger partial charge in [-0.25, -0.2) is 0 Å². The minimum absolute atomic E-state index is 0.128. The van der Waals surface area contributed by atoms with Gasteiger partial charge in [-0.05, 0) is 39.0 Å². The molecule has 1 aliphatic carbocycles. The largest absolute Gasteiger partial charge is 0.481 e. The van der Waals surface area contributed by atoms with Crippen molar-refractivity contribution in [3.63, 3.8) is 0 Å². The molecule has 2 aliphatic rings. The van der Waals surface area contributed by atoms with E-state index in [1.165, 1.54) is 0 Å². The Kier molecular flexibility index (Phi) is 5.13. The molecule has 0 bridgehead atoms. The summed E-state index contributed by atoms with van der Waals surface area (Å²) in [6.07, 6.45) is 5.59. The van der Waals surface area contributed by atoms with Gasteiger partial charge >= 0.3 is 5.97 Å². The highest BCUT2D eigenvalue weighted by Gasteiger charge is 2.41. The molecule has 0 spiro atoms. The number of carboxylic acids is 1. The molecule has 3 rings (SSSR count). The summed E-state index contributed by atoms with van der Waals surface area (Å²) in [7, 11) is 0. The molecule has 7 nitrogen and oxygen atoms in total. The predicted octanol–water partition coefficient (Wildman–Crippen LogP) is 2.34. The van der Waals surface area contributed by atoms with E-state index in [0.29, 0.717) is 37.5 Å². The van der Waals surface area contributed by atoms with E-state index in [0.717, 1.165) is 25.0 Å². The van der Waals surface area contributed by atoms with Crippen molar-refractivity contribution in [3.05, 3.63) is 17.5 Å². The Bertz CT molecular complexity index is 645. The second-order valence-corrected chi connectivity index (χ2v) is 7.30. The highest BCUT2D eigenvalue weighted by atomic mass is 16.5. The maximum atomic E-state index is 12.7. The van der Waals surface area contributed by atoms with Crippen LogP contribution in [0.2, 0.25) is 0 Å². The Labute approximate surface area is 147 Å². The van der Waals surface area contributed by atoms with Gasteiger partial charge in [-0.1, -0.05) is 6.92 Å². The molecule has 2 fully saturated rings. The third kappa shape index (κ3) is 3.56. The molecule has 1 amide bonds. The first kappa shape index (κ1) is 17.9. The SMILES string of the molecule is CC[C@@H](C)n1ncc(C(=O)NCC2(C(=O)O)CCOCC2)c1C1CC1. The van der Waals surface area contributed by atoms with Crippen LogP contribution in [0.25, 0.3) is 0 Å². The molecule has 138 valence electrons. The van der Waals surface area contributed by atoms with Gasteiger partial charge in [0.15, 0.2) is 0 Å². The zero-order valence-corrected chi connectivity index (χ0v) is 15.0. The topological polar surface area (TPSA) is 93.5 Å². The van der Waals surface area contributed by atoms with E-state index < -0.39 is 11.4 Å². The fourth-order valence-electron chi connectivity index (χ4n) is 3.41. The molecular weight excluding hydrogens is 322 g/mol. The van der Waals surface area contributed by atoms with Crippen molar-refractivity contribution >= 4 is 11.9 Å². The zero-order valence-electron chi connectivity index (χ0n) is 15.0. The number of aromatic nitrogens is 2. The number of rotatable bonds is 7. The Morgan fingerprint density at radius 2 is 2.12 bits per heavy atom. The smallest absolute Gasteiger partial charge is 0.311 e. The lowest BCUT2D eigenvalue weighted by Gasteiger charge is -2.33. The number of aliphatic carboxylic acids is 1. The molecule has 1 aliphatic heterocycles. The standard InChI is InChI=1S/C18H27N3O4/c1-3-12(2)21-15(13-4-5-13)14(10-20-21)16(22)19-11-18(17(23)24)6-8-25-9-7-18/h10,12-13H,3-9,11H2,1-2H3,(H,19,22)(H,23,24)/t12-/m1/s1. The summed E-state index contributed by atoms with van der Waals surface area (Å²) in [5, 5.41) is 16.9. The Hall–Kier alpha value is -1.89. The fraction of sp³-hybridized carbons (Fsp3) is 0.722. The molecule has 2 heterocycles. The van der Waals surface area contributed by atoms with Crippen LogP contribution >= 0.6 is 0 Å². The van der Waals surface area contributed by atoms with Gasteiger partial charge in [0.2, 0.25) is 0 Å². The normalized spacial score (nSPS) is 20.9. The lowest BCUT2D eigenvalue weighted by atomic mass is 9.80. The number of nitrogens with zero attached hydrogens (tertiary/aromatic N) is 2. The number of nitrogens with one attached hydrogen (secondary N) is 1. The van der Waals surface area contributed by atoms with Crippen LogP contribution in [0, 0.1) is 5.41 Å². The van der Waals surface area contributed by atoms with Crippen molar-refractivity contribution in [2.24, 2.45) is 5.41 Å². The van der Waals surface area contributed by atoms with Gasteiger partial charge in [0, 0.05) is 31.7 Å². The lowest BCUT2D eigenvalue weighted by Crippen LogP contribution is -2.46. The molecule has 0 aromatic carbocycles. The minimum atomic E-state index is -0.930. The molecule has 0 unspecified atom stereocenters. The number of hydrogen-bond acceptors (Lipinski definition) is 4. The van der Waals surface area contributed by atoms with Crippen molar-refractivity contribution in [2.75, 3.05) is 19.8 Å². The predicted molar refractivity (Wildman–Crippen MR) is 91.7 cm³/mol. The molecule has 25 heavy (non-hydrogen) atoms. The summed E-state index contributed by atoms with van der Waals surface area (Å²) in [4.78, 5) is 24.5. The van der Waals surface area contributed by atoms with Crippen LogP contribution in [-0.4, -0.2) is 46.5 Å². The maximum Gasteiger partial charge on any atom is 0.311 e. The quantitative estimate of drug-likeness (QED) is 0.788. The Balaban J connectivity index is 1.75. The summed E-state index contributed by atoms with van der Waals surface area (Å²) in [5.74, 6) is -0.689. The number of carbonyl (C=O) groups is 2. The van der Waals surface area contributed by atoms with Crippen LogP contribution in [0.4, 0.5) is 0 Å². The van der Waals surface area contributed by atoms with Gasteiger partial charge < -0.3 is 15.2 Å². The number of hydrogen-bond donors (Lipinski definition) is 2. The monoisotopic (exact) mass is 349 g/mol. The minimum Gasteiger partial charge on any atom is -0.481 e. The van der Waals surface area contributed by atoms with Crippen LogP contribution in [0.1, 0.15) is 74.0 Å². The van der Waals surface area contributed by atoms with Gasteiger partial charge in [0.1, 0.15) is 0 Å². The van der Waals surface area contributed by atoms with Crippen molar-refractivity contribution in [2.45, 2.75) is 57.9 Å². The van der Waals surface area contributed by atoms with Crippen molar-refractivity contribution in [1.29, 1.82) is 0 Å². The average Bonchev–Trinajstić information content (AvgIpc) is 3.37. The highest BCUT2D eigenvalue weighted by Crippen LogP contribution is 2.42. The fourth-order valence-corrected chi connectivity index (χ4v) is 3.41. The molecule has 1 saturated heterocycles. The van der Waals surface area contributed by atoms with Crippen molar-refractivity contribution in [3.8, 4) is 0 Å². The second kappa shape index (κ2) is 7.15. The van der Waals surface area contributed by atoms with Crippen molar-refractivity contribution < 1.29 is 19.4 Å². The van der Waals surface area contributed by atoms with Gasteiger partial charge in [-0.2, -0.15) is 5.10 Å². The molecule has 0 radical (unpaired) electrons. The number of amides is 1. The molecule has 1 atom stereocenters. The second-order valence-electron chi connectivity index (χ2n) is 7.30. The summed E-state index contributed by atoms with van der Waals surface area (Å²) >= 11 is 0. The van der Waals surface area contributed by atoms with E-state index >= 15 is 0 Å². The molecule has 2 N–H and O–H groups in total. The van der Waals surface area contributed by atoms with E-state index in [1.54, 1.807) is 6.20 Å². The molecule has 1 saturated carbocycles. The highest BCUT2D eigenvalue weighted by molar-refractivity contribution is 5.95. The number of ether oxygens (including phenoxy) is 1. The van der Waals surface area contributed by atoms with Crippen molar-refractivity contribution in [1.82, 2.24) is 15.1 Å². The number of carboxylic acid groups (broad SMARTS) is 1. The first-order valence-corrected chi connectivity index (χ1v) is 9.15. The summed E-state index contributed by atoms with van der Waals surface area (Å²) < 4.78 is 7.24. The van der Waals surface area contributed by atoms with Crippen LogP contribution in [0.3, 0.4) is 0 Å². The van der Waals surface area contributed by atoms with E-state index in [1.807, 2.05) is 4.68 Å². The average molecular weight is 349 g/mol. The molecular formula is C18H27N3O4. The van der Waals surface area contributed by atoms with E-state index in [2.05, 4.69) is 24.3 Å². The summed E-state index contributed by atoms with van der Waals surface area (Å²) in [6.45, 7) is 5.17. The number of carbonyl (C=O) groups excluding carboxylic acids is 1. The van der Waals surface area contributed by atoms with E-state index in [4.69, 9.17) is 4.74 Å². The zero-order chi connectivity index (χ0) is 18.0. The lowest BCUT2D eigenvalue weighted by molar-refractivity contribution is -0.154. The van der Waals surface area contributed by atoms with Crippen LogP contribution in [0.5, 0.6) is 0 Å². The molecule has 1 aromatic heterocycles. The van der Waals surface area contributed by atoms with E-state index in [9.17, 15) is 14.7 Å². The summed E-state index contributed by atoms with van der Waals surface area (Å²) in [6, 6.07) is 0.248. The van der Waals surface area contributed by atoms with Gasteiger partial charge in [0.25, 0.3) is 5.91 Å². The Morgan fingerprint density at radius 1 is 1.44 bits per heavy atom. The Morgan fingerprint density at radius 3 is 2.68 bits per heavy atom.